The predicted octanol–water partition coefficient (Wildman–Crippen LogP) is 3.74. The summed E-state index contributed by atoms with van der Waals surface area (Å²) in [6.07, 6.45) is 1.86. The van der Waals surface area contributed by atoms with E-state index in [1.54, 1.807) is 11.0 Å². The molecule has 138 valence electrons. The molecule has 1 amide bonds. The molecular weight excluding hydrogens is 340 g/mol. The Balaban J connectivity index is 1.72. The molecule has 0 fully saturated rings. The average Bonchev–Trinajstić information content (AvgIpc) is 2.95. The predicted molar refractivity (Wildman–Crippen MR) is 104 cm³/mol. The van der Waals surface area contributed by atoms with Crippen molar-refractivity contribution in [1.29, 1.82) is 0 Å². The van der Waals surface area contributed by atoms with Gasteiger partial charge in [0.25, 0.3) is 5.91 Å². The molecule has 1 aromatic heterocycles. The number of nitrogens with zero attached hydrogens (tertiary/aromatic N) is 2. The van der Waals surface area contributed by atoms with Gasteiger partial charge in [-0.25, -0.2) is 0 Å². The second kappa shape index (κ2) is 6.83. The maximum absolute atomic E-state index is 12.9. The Labute approximate surface area is 158 Å². The lowest BCUT2D eigenvalue weighted by molar-refractivity contribution is 0.0723. The molecular formula is C22H22N2O3. The van der Waals surface area contributed by atoms with Crippen LogP contribution in [0.25, 0.3) is 11.1 Å². The van der Waals surface area contributed by atoms with Crippen LogP contribution in [0.4, 0.5) is 0 Å². The number of hydrogen-bond acceptors (Lipinski definition) is 3. The van der Waals surface area contributed by atoms with Gasteiger partial charge < -0.3 is 19.3 Å². The lowest BCUT2D eigenvalue weighted by atomic mass is 9.98. The minimum absolute atomic E-state index is 0.0419. The molecule has 0 atom stereocenters. The largest absolute Gasteiger partial charge is 0.504 e. The van der Waals surface area contributed by atoms with Crippen LogP contribution in [0.5, 0.6) is 11.5 Å². The summed E-state index contributed by atoms with van der Waals surface area (Å²) in [5.74, 6) is 0.535. The number of phenols is 1. The molecule has 0 spiro atoms. The van der Waals surface area contributed by atoms with E-state index in [9.17, 15) is 9.90 Å². The van der Waals surface area contributed by atoms with E-state index < -0.39 is 0 Å². The van der Waals surface area contributed by atoms with E-state index in [0.29, 0.717) is 31.1 Å². The van der Waals surface area contributed by atoms with Crippen molar-refractivity contribution in [3.8, 4) is 22.6 Å². The monoisotopic (exact) mass is 362 g/mol. The van der Waals surface area contributed by atoms with Crippen LogP contribution in [0.2, 0.25) is 0 Å². The first-order valence-corrected chi connectivity index (χ1v) is 9.00. The molecule has 2 aromatic carbocycles. The van der Waals surface area contributed by atoms with Crippen LogP contribution in [0, 0.1) is 6.92 Å². The van der Waals surface area contributed by atoms with E-state index in [-0.39, 0.29) is 11.7 Å². The third kappa shape index (κ3) is 3.16. The first kappa shape index (κ1) is 17.2. The van der Waals surface area contributed by atoms with Crippen molar-refractivity contribution in [3.05, 3.63) is 71.5 Å². The lowest BCUT2D eigenvalue weighted by Gasteiger charge is -2.20. The van der Waals surface area contributed by atoms with Crippen molar-refractivity contribution >= 4 is 5.91 Å². The van der Waals surface area contributed by atoms with Crippen molar-refractivity contribution < 1.29 is 14.6 Å². The average molecular weight is 362 g/mol. The van der Waals surface area contributed by atoms with E-state index in [2.05, 4.69) is 0 Å². The standard InChI is InChI=1S/C22H22N2O3/c1-15-6-3-4-7-18(15)16-12-17-14-24(10-11-27-21(17)20(25)13-16)22(26)19-8-5-9-23(19)2/h3-9,12-13,25H,10-11,14H2,1-2H3. The second-order valence-corrected chi connectivity index (χ2v) is 6.88. The molecule has 4 rings (SSSR count). The highest BCUT2D eigenvalue weighted by atomic mass is 16.5. The first-order valence-electron chi connectivity index (χ1n) is 9.00. The van der Waals surface area contributed by atoms with Gasteiger partial charge in [-0.3, -0.25) is 4.79 Å². The number of aromatic hydroxyl groups is 1. The van der Waals surface area contributed by atoms with Crippen molar-refractivity contribution in [2.24, 2.45) is 7.05 Å². The smallest absolute Gasteiger partial charge is 0.270 e. The normalized spacial score (nSPS) is 13.6. The fourth-order valence-corrected chi connectivity index (χ4v) is 3.57. The Kier molecular flexibility index (Phi) is 4.36. The first-order chi connectivity index (χ1) is 13.0. The Morgan fingerprint density at radius 1 is 1.15 bits per heavy atom. The molecule has 5 heteroatoms. The number of phenolic OH excluding ortho intramolecular Hbond substituents is 1. The highest BCUT2D eigenvalue weighted by molar-refractivity contribution is 5.93. The number of carbonyl (C=O) groups is 1. The number of aryl methyl sites for hydroxylation is 2. The Morgan fingerprint density at radius 3 is 2.70 bits per heavy atom. The van der Waals surface area contributed by atoms with Crippen LogP contribution in [-0.4, -0.2) is 33.6 Å². The quantitative estimate of drug-likeness (QED) is 0.756. The molecule has 5 nitrogen and oxygen atoms in total. The number of carbonyl (C=O) groups excluding carboxylic acids is 1. The molecule has 1 aliphatic heterocycles. The van der Waals surface area contributed by atoms with Crippen LogP contribution in [0.3, 0.4) is 0 Å². The van der Waals surface area contributed by atoms with Gasteiger partial charge in [0.1, 0.15) is 12.3 Å². The van der Waals surface area contributed by atoms with Crippen molar-refractivity contribution in [3.63, 3.8) is 0 Å². The summed E-state index contributed by atoms with van der Waals surface area (Å²) < 4.78 is 7.59. The van der Waals surface area contributed by atoms with Gasteiger partial charge in [0.05, 0.1) is 6.54 Å². The van der Waals surface area contributed by atoms with E-state index in [0.717, 1.165) is 22.3 Å². The fourth-order valence-electron chi connectivity index (χ4n) is 3.57. The van der Waals surface area contributed by atoms with Gasteiger partial charge in [0, 0.05) is 25.4 Å². The topological polar surface area (TPSA) is 54.7 Å². The molecule has 0 saturated heterocycles. The number of fused-ring (bicyclic) bond motifs is 1. The maximum Gasteiger partial charge on any atom is 0.270 e. The molecule has 0 bridgehead atoms. The third-order valence-electron chi connectivity index (χ3n) is 5.02. The molecule has 0 unspecified atom stereocenters. The molecule has 0 saturated carbocycles. The number of rotatable bonds is 2. The van der Waals surface area contributed by atoms with E-state index in [1.807, 2.05) is 67.2 Å². The van der Waals surface area contributed by atoms with Crippen molar-refractivity contribution in [2.45, 2.75) is 13.5 Å². The number of aromatic nitrogens is 1. The Bertz CT molecular complexity index is 1010. The summed E-state index contributed by atoms with van der Waals surface area (Å²) in [4.78, 5) is 14.7. The fraction of sp³-hybridized carbons (Fsp3) is 0.227. The molecule has 0 radical (unpaired) electrons. The number of ether oxygens (including phenoxy) is 1. The summed E-state index contributed by atoms with van der Waals surface area (Å²) in [6, 6.07) is 15.5. The summed E-state index contributed by atoms with van der Waals surface area (Å²) in [5.41, 5.74) is 4.55. The van der Waals surface area contributed by atoms with Crippen molar-refractivity contribution in [1.82, 2.24) is 9.47 Å². The molecule has 3 aromatic rings. The number of hydrogen-bond donors (Lipinski definition) is 1. The van der Waals surface area contributed by atoms with E-state index in [4.69, 9.17) is 4.74 Å². The van der Waals surface area contributed by atoms with Gasteiger partial charge >= 0.3 is 0 Å². The zero-order valence-electron chi connectivity index (χ0n) is 15.5. The van der Waals surface area contributed by atoms with Gasteiger partial charge in [-0.15, -0.1) is 0 Å². The van der Waals surface area contributed by atoms with Gasteiger partial charge in [-0.05, 0) is 47.9 Å². The summed E-state index contributed by atoms with van der Waals surface area (Å²) in [6.45, 7) is 3.25. The van der Waals surface area contributed by atoms with Crippen LogP contribution in [0.1, 0.15) is 21.6 Å². The zero-order valence-corrected chi connectivity index (χ0v) is 15.5. The number of amides is 1. The summed E-state index contributed by atoms with van der Waals surface area (Å²) in [7, 11) is 1.86. The van der Waals surface area contributed by atoms with Crippen LogP contribution in [-0.2, 0) is 13.6 Å². The third-order valence-corrected chi connectivity index (χ3v) is 5.02. The SMILES string of the molecule is Cc1ccccc1-c1cc(O)c2c(c1)CN(C(=O)c1cccn1C)CCO2. The van der Waals surface area contributed by atoms with Gasteiger partial charge in [-0.2, -0.15) is 0 Å². The van der Waals surface area contributed by atoms with E-state index in [1.165, 1.54) is 0 Å². The van der Waals surface area contributed by atoms with Crippen molar-refractivity contribution in [2.75, 3.05) is 13.2 Å². The lowest BCUT2D eigenvalue weighted by Crippen LogP contribution is -2.33. The molecule has 0 aliphatic carbocycles. The van der Waals surface area contributed by atoms with Gasteiger partial charge in [-0.1, -0.05) is 24.3 Å². The zero-order chi connectivity index (χ0) is 19.0. The van der Waals surface area contributed by atoms with Crippen LogP contribution < -0.4 is 4.74 Å². The van der Waals surface area contributed by atoms with Crippen LogP contribution in [0.15, 0.2) is 54.7 Å². The van der Waals surface area contributed by atoms with Crippen LogP contribution >= 0.6 is 0 Å². The maximum atomic E-state index is 12.9. The minimum Gasteiger partial charge on any atom is -0.504 e. The molecule has 1 aliphatic rings. The second-order valence-electron chi connectivity index (χ2n) is 6.88. The van der Waals surface area contributed by atoms with E-state index >= 15 is 0 Å². The highest BCUT2D eigenvalue weighted by Crippen LogP contribution is 2.38. The number of benzene rings is 2. The summed E-state index contributed by atoms with van der Waals surface area (Å²) >= 11 is 0. The highest BCUT2D eigenvalue weighted by Gasteiger charge is 2.25. The summed E-state index contributed by atoms with van der Waals surface area (Å²) in [5, 5.41) is 10.5. The minimum atomic E-state index is -0.0419. The molecule has 27 heavy (non-hydrogen) atoms. The Hall–Kier alpha value is -3.21. The Morgan fingerprint density at radius 2 is 1.96 bits per heavy atom. The molecule has 2 heterocycles. The van der Waals surface area contributed by atoms with Gasteiger partial charge in [0.15, 0.2) is 11.5 Å². The molecule has 1 N–H and O–H groups in total. The van der Waals surface area contributed by atoms with Gasteiger partial charge in [0.2, 0.25) is 0 Å².